The van der Waals surface area contributed by atoms with Gasteiger partial charge >= 0.3 is 19.4 Å². The number of H-pyrrole nitrogens is 1. The second-order valence-corrected chi connectivity index (χ2v) is 11.1. The molecule has 1 saturated carbocycles. The molecular weight excluding hydrogens is 503 g/mol. The van der Waals surface area contributed by atoms with Gasteiger partial charge in [0.25, 0.3) is 5.56 Å². The first-order chi connectivity index (χ1) is 16.4. The van der Waals surface area contributed by atoms with Gasteiger partial charge in [0.1, 0.15) is 37.9 Å². The Bertz CT molecular complexity index is 1270. The van der Waals surface area contributed by atoms with Gasteiger partial charge in [0.2, 0.25) is 0 Å². The van der Waals surface area contributed by atoms with Gasteiger partial charge in [-0.15, -0.1) is 11.6 Å². The predicted octanol–water partition coefficient (Wildman–Crippen LogP) is -0.140. The highest BCUT2D eigenvalue weighted by atomic mass is 35.5. The lowest BCUT2D eigenvalue weighted by atomic mass is 9.78. The van der Waals surface area contributed by atoms with E-state index in [1.807, 2.05) is 0 Å². The van der Waals surface area contributed by atoms with E-state index in [-0.39, 0.29) is 11.9 Å². The Morgan fingerprint density at radius 3 is 2.60 bits per heavy atom. The normalized spacial score (nSPS) is 30.9. The third-order valence-corrected chi connectivity index (χ3v) is 7.66. The van der Waals surface area contributed by atoms with Crippen LogP contribution >= 0.6 is 19.3 Å². The molecule has 0 amide bonds. The molecule has 4 rings (SSSR count). The number of aromatic nitrogens is 2. The average molecular weight is 528 g/mol. The smallest absolute Gasteiger partial charge is 0.459 e. The predicted molar refractivity (Wildman–Crippen MR) is 126 cm³/mol. The topological polar surface area (TPSA) is 158 Å². The van der Waals surface area contributed by atoms with Crippen LogP contribution in [0.25, 0.3) is 0 Å². The van der Waals surface area contributed by atoms with Crippen molar-refractivity contribution in [2.24, 2.45) is 0 Å². The van der Waals surface area contributed by atoms with E-state index in [2.05, 4.69) is 10.1 Å². The maximum Gasteiger partial charge on any atom is 0.459 e. The molecule has 2 unspecified atom stereocenters. The fourth-order valence-corrected chi connectivity index (χ4v) is 5.76. The standard InChI is InChI=1S/C20H24BClN3O9P/c1-11(2)31-14(27)10-23-35(30,33-12-6-4-3-5-7-12)34-16-15-19(16,29)20(21,22)17(32-15)25-9-8-13(26)24-18(25)28/h3-9,11,15-17,29H,10,21H2,1-2H3,(H,23,30)(H,24,26,28)/t15-,16?,17-,19+,20-,35?/m1/s1. The molecule has 1 saturated heterocycles. The lowest BCUT2D eigenvalue weighted by Gasteiger charge is -2.33. The highest BCUT2D eigenvalue weighted by Gasteiger charge is 2.83. The van der Waals surface area contributed by atoms with Crippen molar-refractivity contribution in [3.05, 3.63) is 63.4 Å². The number of esters is 1. The first-order valence-corrected chi connectivity index (χ1v) is 12.7. The average Bonchev–Trinajstić information content (AvgIpc) is 3.26. The number of hydrogen-bond acceptors (Lipinski definition) is 9. The number of alkyl halides is 1. The van der Waals surface area contributed by atoms with Gasteiger partial charge in [0.05, 0.1) is 10.9 Å². The van der Waals surface area contributed by atoms with Crippen LogP contribution in [-0.2, 0) is 23.4 Å². The number of nitrogens with zero attached hydrogens (tertiary/aromatic N) is 1. The monoisotopic (exact) mass is 527 g/mol. The van der Waals surface area contributed by atoms with Gasteiger partial charge in [0.15, 0.2) is 6.23 Å². The number of rotatable bonds is 9. The number of ether oxygens (including phenoxy) is 2. The SMILES string of the molecule is B[C@@]1(Cl)[C@H](n2ccc(=O)[nH]c2=O)O[C@@H]2C(OP(=O)(NCC(=O)OC(C)C)Oc3ccccc3)[C@@]21O. The summed E-state index contributed by atoms with van der Waals surface area (Å²) in [6.07, 6.45) is -2.65. The summed E-state index contributed by atoms with van der Waals surface area (Å²) in [4.78, 5) is 37.7. The van der Waals surface area contributed by atoms with Crippen LogP contribution in [0.2, 0.25) is 0 Å². The van der Waals surface area contributed by atoms with E-state index in [1.165, 1.54) is 26.2 Å². The number of fused-ring (bicyclic) bond motifs is 1. The van der Waals surface area contributed by atoms with Gasteiger partial charge in [-0.1, -0.05) is 18.2 Å². The van der Waals surface area contributed by atoms with Gasteiger partial charge in [0, 0.05) is 12.3 Å². The molecule has 3 N–H and O–H groups in total. The molecule has 35 heavy (non-hydrogen) atoms. The Morgan fingerprint density at radius 1 is 1.34 bits per heavy atom. The number of benzene rings is 1. The number of nitrogens with one attached hydrogen (secondary N) is 2. The van der Waals surface area contributed by atoms with Gasteiger partial charge in [-0.05, 0) is 26.0 Å². The largest absolute Gasteiger partial charge is 0.462 e. The molecule has 1 aliphatic carbocycles. The Labute approximate surface area is 205 Å². The highest BCUT2D eigenvalue weighted by Crippen LogP contribution is 2.65. The number of carbonyl (C=O) groups excluding carboxylic acids is 1. The summed E-state index contributed by atoms with van der Waals surface area (Å²) in [6, 6.07) is 9.21. The number of halogens is 1. The maximum atomic E-state index is 13.6. The molecule has 2 fully saturated rings. The van der Waals surface area contributed by atoms with Crippen molar-refractivity contribution in [1.82, 2.24) is 14.6 Å². The fourth-order valence-electron chi connectivity index (χ4n) is 3.91. The quantitative estimate of drug-likeness (QED) is 0.173. The number of aromatic amines is 1. The van der Waals surface area contributed by atoms with Gasteiger partial charge in [-0.25, -0.2) is 14.4 Å². The molecular formula is C20H24BClN3O9P. The Kier molecular flexibility index (Phi) is 6.77. The van der Waals surface area contributed by atoms with Crippen LogP contribution in [0.15, 0.2) is 52.2 Å². The summed E-state index contributed by atoms with van der Waals surface area (Å²) in [5.41, 5.74) is -3.25. The minimum absolute atomic E-state index is 0.186. The summed E-state index contributed by atoms with van der Waals surface area (Å²) in [5, 5.41) is 13.7. The lowest BCUT2D eigenvalue weighted by Crippen LogP contribution is -2.50. The van der Waals surface area contributed by atoms with E-state index < -0.39 is 60.3 Å². The van der Waals surface area contributed by atoms with Crippen molar-refractivity contribution in [3.8, 4) is 5.75 Å². The number of hydrogen-bond donors (Lipinski definition) is 3. The first kappa shape index (κ1) is 25.7. The Hall–Kier alpha value is -2.41. The first-order valence-electron chi connectivity index (χ1n) is 10.7. The highest BCUT2D eigenvalue weighted by molar-refractivity contribution is 7.52. The lowest BCUT2D eigenvalue weighted by molar-refractivity contribution is -0.146. The molecule has 2 heterocycles. The van der Waals surface area contributed by atoms with Crippen LogP contribution in [0.4, 0.5) is 0 Å². The van der Waals surface area contributed by atoms with Crippen molar-refractivity contribution in [2.75, 3.05) is 6.54 Å². The molecule has 2 aromatic rings. The molecule has 0 radical (unpaired) electrons. The van der Waals surface area contributed by atoms with Crippen LogP contribution in [0.3, 0.4) is 0 Å². The molecule has 6 atom stereocenters. The van der Waals surface area contributed by atoms with Crippen LogP contribution in [0.1, 0.15) is 20.1 Å². The summed E-state index contributed by atoms with van der Waals surface area (Å²) >= 11 is 6.65. The van der Waals surface area contributed by atoms with E-state index in [4.69, 9.17) is 30.1 Å². The Morgan fingerprint density at radius 2 is 2.03 bits per heavy atom. The van der Waals surface area contributed by atoms with Crippen molar-refractivity contribution < 1.29 is 33.0 Å². The van der Waals surface area contributed by atoms with E-state index in [0.717, 1.165) is 10.6 Å². The molecule has 0 spiro atoms. The van der Waals surface area contributed by atoms with Crippen LogP contribution < -0.4 is 20.9 Å². The summed E-state index contributed by atoms with van der Waals surface area (Å²) < 4.78 is 35.0. The minimum Gasteiger partial charge on any atom is -0.462 e. The molecule has 1 aliphatic heterocycles. The summed E-state index contributed by atoms with van der Waals surface area (Å²) in [7, 11) is -2.83. The Balaban J connectivity index is 1.54. The third-order valence-electron chi connectivity index (χ3n) is 5.66. The van der Waals surface area contributed by atoms with E-state index in [0.29, 0.717) is 0 Å². The number of aliphatic hydroxyl groups is 1. The zero-order valence-corrected chi connectivity index (χ0v) is 20.7. The molecule has 1 aromatic carbocycles. The summed E-state index contributed by atoms with van der Waals surface area (Å²) in [6.45, 7) is 2.84. The molecule has 15 heteroatoms. The van der Waals surface area contributed by atoms with Gasteiger partial charge in [-0.2, -0.15) is 0 Å². The molecule has 2 aliphatic rings. The maximum absolute atomic E-state index is 13.6. The third kappa shape index (κ3) is 4.84. The fraction of sp³-hybridized carbons (Fsp3) is 0.450. The van der Waals surface area contributed by atoms with Crippen molar-refractivity contribution in [2.45, 2.75) is 48.8 Å². The summed E-state index contributed by atoms with van der Waals surface area (Å²) in [5.74, 6) is -0.503. The van der Waals surface area contributed by atoms with Gasteiger partial charge < -0.3 is 19.1 Å². The van der Waals surface area contributed by atoms with Crippen molar-refractivity contribution in [3.63, 3.8) is 0 Å². The second kappa shape index (κ2) is 9.23. The molecule has 188 valence electrons. The number of carbonyl (C=O) groups is 1. The zero-order chi connectivity index (χ0) is 25.6. The van der Waals surface area contributed by atoms with E-state index in [1.54, 1.807) is 32.0 Å². The molecule has 12 nitrogen and oxygen atoms in total. The second-order valence-electron chi connectivity index (χ2n) is 8.63. The molecule has 1 aromatic heterocycles. The minimum atomic E-state index is -4.26. The van der Waals surface area contributed by atoms with Crippen molar-refractivity contribution in [1.29, 1.82) is 0 Å². The number of para-hydroxylation sites is 1. The van der Waals surface area contributed by atoms with E-state index in [9.17, 15) is 24.1 Å². The van der Waals surface area contributed by atoms with Crippen LogP contribution in [-0.4, -0.2) is 63.7 Å². The van der Waals surface area contributed by atoms with Gasteiger partial charge in [-0.3, -0.25) is 23.7 Å². The molecule has 0 bridgehead atoms. The van der Waals surface area contributed by atoms with Crippen LogP contribution in [0.5, 0.6) is 5.75 Å². The van der Waals surface area contributed by atoms with E-state index >= 15 is 0 Å². The zero-order valence-electron chi connectivity index (χ0n) is 19.0. The van der Waals surface area contributed by atoms with Crippen molar-refractivity contribution >= 4 is 33.2 Å². The van der Waals surface area contributed by atoms with Crippen LogP contribution in [0, 0.1) is 0 Å².